The number of nitrogens with one attached hydrogen (secondary N) is 1. The summed E-state index contributed by atoms with van der Waals surface area (Å²) in [6.45, 7) is 10.7. The molecule has 8 nitrogen and oxygen atoms in total. The van der Waals surface area contributed by atoms with Crippen molar-refractivity contribution in [1.29, 1.82) is 0 Å². The van der Waals surface area contributed by atoms with Crippen molar-refractivity contribution in [3.63, 3.8) is 0 Å². The maximum absolute atomic E-state index is 13.0. The molecule has 8 heteroatoms. The third kappa shape index (κ3) is 4.19. The number of aromatic amines is 1. The van der Waals surface area contributed by atoms with Gasteiger partial charge in [-0.2, -0.15) is 5.10 Å². The van der Waals surface area contributed by atoms with Crippen LogP contribution in [-0.4, -0.2) is 35.0 Å². The second-order valence-electron chi connectivity index (χ2n) is 9.01. The predicted molar refractivity (Wildman–Crippen MR) is 120 cm³/mol. The number of H-pyrrole nitrogens is 1. The Morgan fingerprint density at radius 1 is 1.00 bits per heavy atom. The van der Waals surface area contributed by atoms with Crippen LogP contribution in [0.15, 0.2) is 53.3 Å². The number of benzene rings is 2. The molecule has 4 rings (SSSR count). The molecule has 0 saturated heterocycles. The molecule has 0 bridgehead atoms. The topological polar surface area (TPSA) is 94.3 Å². The van der Waals surface area contributed by atoms with Gasteiger partial charge in [-0.05, 0) is 47.0 Å². The van der Waals surface area contributed by atoms with Crippen LogP contribution in [0.3, 0.4) is 0 Å². The molecule has 0 saturated carbocycles. The minimum Gasteiger partial charge on any atom is -0.274 e. The normalized spacial score (nSPS) is 11.9. The Morgan fingerprint density at radius 3 is 2.32 bits per heavy atom. The number of hydrogen-bond donors (Lipinski definition) is 1. The predicted octanol–water partition coefficient (Wildman–Crippen LogP) is 3.82. The quantitative estimate of drug-likeness (QED) is 0.533. The van der Waals surface area contributed by atoms with E-state index in [0.29, 0.717) is 12.4 Å². The van der Waals surface area contributed by atoms with E-state index in [2.05, 4.69) is 76.8 Å². The van der Waals surface area contributed by atoms with E-state index in [9.17, 15) is 4.79 Å². The van der Waals surface area contributed by atoms with Crippen molar-refractivity contribution in [3.8, 4) is 22.5 Å². The van der Waals surface area contributed by atoms with Gasteiger partial charge in [-0.1, -0.05) is 63.2 Å². The van der Waals surface area contributed by atoms with Crippen LogP contribution in [0.25, 0.3) is 22.5 Å². The Bertz CT molecular complexity index is 1230. The highest BCUT2D eigenvalue weighted by Crippen LogP contribution is 2.25. The first-order chi connectivity index (χ1) is 14.7. The summed E-state index contributed by atoms with van der Waals surface area (Å²) in [5, 5.41) is 18.7. The fourth-order valence-electron chi connectivity index (χ4n) is 3.56. The van der Waals surface area contributed by atoms with Crippen molar-refractivity contribution >= 4 is 0 Å². The standard InChI is InChI=1S/C23H27N7O/c1-15(2)30-22(31)29(21(26-30)23(3,4)5)14-16-9-11-17(12-10-16)18-7-6-8-19(13-18)20-24-27-28-25-20/h6-13,15H,14H2,1-5H3,(H,24,25,27,28). The SMILES string of the molecule is CC(C)n1nc(C(C)(C)C)n(Cc2ccc(-c3cccc(-c4nnn[nH]4)c3)cc2)c1=O. The number of tetrazole rings is 1. The number of hydrogen-bond acceptors (Lipinski definition) is 5. The monoisotopic (exact) mass is 417 g/mol. The Labute approximate surface area is 180 Å². The first-order valence-corrected chi connectivity index (χ1v) is 10.4. The lowest BCUT2D eigenvalue weighted by molar-refractivity contribution is 0.483. The van der Waals surface area contributed by atoms with Gasteiger partial charge in [-0.3, -0.25) is 4.57 Å². The molecule has 31 heavy (non-hydrogen) atoms. The van der Waals surface area contributed by atoms with Crippen molar-refractivity contribution < 1.29 is 0 Å². The van der Waals surface area contributed by atoms with Crippen molar-refractivity contribution in [2.75, 3.05) is 0 Å². The maximum atomic E-state index is 13.0. The molecule has 2 heterocycles. The fourth-order valence-corrected chi connectivity index (χ4v) is 3.56. The second-order valence-corrected chi connectivity index (χ2v) is 9.01. The molecule has 2 aromatic heterocycles. The minimum absolute atomic E-state index is 0.0177. The van der Waals surface area contributed by atoms with Crippen molar-refractivity contribution in [2.45, 2.75) is 52.6 Å². The summed E-state index contributed by atoms with van der Waals surface area (Å²) in [5.41, 5.74) is 3.83. The first kappa shape index (κ1) is 20.7. The highest BCUT2D eigenvalue weighted by atomic mass is 16.2. The molecule has 1 N–H and O–H groups in total. The summed E-state index contributed by atoms with van der Waals surface area (Å²) in [4.78, 5) is 13.0. The molecule has 2 aromatic carbocycles. The summed E-state index contributed by atoms with van der Waals surface area (Å²) in [6, 6.07) is 16.3. The van der Waals surface area contributed by atoms with Gasteiger partial charge in [-0.15, -0.1) is 5.10 Å². The zero-order chi connectivity index (χ0) is 22.2. The summed E-state index contributed by atoms with van der Waals surface area (Å²) in [5.74, 6) is 1.43. The largest absolute Gasteiger partial charge is 0.346 e. The lowest BCUT2D eigenvalue weighted by Gasteiger charge is -2.18. The van der Waals surface area contributed by atoms with Gasteiger partial charge in [0.15, 0.2) is 5.82 Å². The van der Waals surface area contributed by atoms with E-state index in [0.717, 1.165) is 28.1 Å². The smallest absolute Gasteiger partial charge is 0.274 e. The van der Waals surface area contributed by atoms with Crippen LogP contribution in [0.2, 0.25) is 0 Å². The highest BCUT2D eigenvalue weighted by Gasteiger charge is 2.25. The van der Waals surface area contributed by atoms with Crippen LogP contribution in [0.4, 0.5) is 0 Å². The van der Waals surface area contributed by atoms with Crippen LogP contribution in [0.5, 0.6) is 0 Å². The van der Waals surface area contributed by atoms with Crippen LogP contribution in [0, 0.1) is 0 Å². The molecule has 0 atom stereocenters. The molecule has 0 unspecified atom stereocenters. The molecule has 0 amide bonds. The maximum Gasteiger partial charge on any atom is 0.346 e. The lowest BCUT2D eigenvalue weighted by atomic mass is 9.95. The van der Waals surface area contributed by atoms with Crippen LogP contribution in [-0.2, 0) is 12.0 Å². The first-order valence-electron chi connectivity index (χ1n) is 10.4. The van der Waals surface area contributed by atoms with E-state index in [1.165, 1.54) is 0 Å². The molecule has 0 spiro atoms. The van der Waals surface area contributed by atoms with Crippen molar-refractivity contribution in [2.24, 2.45) is 0 Å². The number of nitrogens with zero attached hydrogens (tertiary/aromatic N) is 6. The highest BCUT2D eigenvalue weighted by molar-refractivity contribution is 5.70. The van der Waals surface area contributed by atoms with Crippen molar-refractivity contribution in [3.05, 3.63) is 70.4 Å². The van der Waals surface area contributed by atoms with Gasteiger partial charge < -0.3 is 0 Å². The number of aromatic nitrogens is 7. The average Bonchev–Trinajstić information content (AvgIpc) is 3.37. The molecule has 0 aliphatic rings. The summed E-state index contributed by atoms with van der Waals surface area (Å²) >= 11 is 0. The summed E-state index contributed by atoms with van der Waals surface area (Å²) in [7, 11) is 0. The van der Waals surface area contributed by atoms with E-state index < -0.39 is 0 Å². The van der Waals surface area contributed by atoms with Crippen LogP contribution >= 0.6 is 0 Å². The molecule has 0 aliphatic heterocycles. The van der Waals surface area contributed by atoms with Gasteiger partial charge in [-0.25, -0.2) is 14.6 Å². The molecule has 4 aromatic rings. The van der Waals surface area contributed by atoms with Crippen molar-refractivity contribution in [1.82, 2.24) is 35.0 Å². The molecule has 0 radical (unpaired) electrons. The van der Waals surface area contributed by atoms with E-state index in [-0.39, 0.29) is 17.1 Å². The van der Waals surface area contributed by atoms with Crippen LogP contribution in [0.1, 0.15) is 52.0 Å². The fraction of sp³-hybridized carbons (Fsp3) is 0.348. The van der Waals surface area contributed by atoms with E-state index in [4.69, 9.17) is 0 Å². The molecule has 160 valence electrons. The lowest BCUT2D eigenvalue weighted by Crippen LogP contribution is -2.28. The Balaban J connectivity index is 1.63. The van der Waals surface area contributed by atoms with Crippen LogP contribution < -0.4 is 5.69 Å². The second kappa shape index (κ2) is 7.94. The third-order valence-electron chi connectivity index (χ3n) is 5.15. The van der Waals surface area contributed by atoms with E-state index in [1.54, 1.807) is 9.25 Å². The van der Waals surface area contributed by atoms with E-state index in [1.807, 2.05) is 32.0 Å². The molecular weight excluding hydrogens is 390 g/mol. The van der Waals surface area contributed by atoms with E-state index >= 15 is 0 Å². The Hall–Kier alpha value is -3.55. The average molecular weight is 418 g/mol. The Morgan fingerprint density at radius 2 is 1.71 bits per heavy atom. The van der Waals surface area contributed by atoms with Gasteiger partial charge in [0.05, 0.1) is 12.6 Å². The minimum atomic E-state index is -0.227. The number of rotatable bonds is 5. The van der Waals surface area contributed by atoms with Gasteiger partial charge >= 0.3 is 5.69 Å². The van der Waals surface area contributed by atoms with Gasteiger partial charge in [0.2, 0.25) is 0 Å². The summed E-state index contributed by atoms with van der Waals surface area (Å²) < 4.78 is 3.35. The van der Waals surface area contributed by atoms with Gasteiger partial charge in [0.25, 0.3) is 0 Å². The van der Waals surface area contributed by atoms with Gasteiger partial charge in [0, 0.05) is 11.0 Å². The van der Waals surface area contributed by atoms with Gasteiger partial charge in [0.1, 0.15) is 5.82 Å². The molecular formula is C23H27N7O. The Kier molecular flexibility index (Phi) is 5.31. The zero-order valence-electron chi connectivity index (χ0n) is 18.5. The summed E-state index contributed by atoms with van der Waals surface area (Å²) in [6.07, 6.45) is 0. The molecule has 0 aliphatic carbocycles. The third-order valence-corrected chi connectivity index (χ3v) is 5.15. The zero-order valence-corrected chi connectivity index (χ0v) is 18.5. The molecule has 0 fully saturated rings.